The van der Waals surface area contributed by atoms with Crippen LogP contribution in [0.4, 0.5) is 5.69 Å². The van der Waals surface area contributed by atoms with Crippen LogP contribution in [-0.2, 0) is 24.4 Å². The maximum atomic E-state index is 12.7. The van der Waals surface area contributed by atoms with Crippen LogP contribution >= 0.6 is 0 Å². The van der Waals surface area contributed by atoms with Crippen molar-refractivity contribution < 1.29 is 27.9 Å². The van der Waals surface area contributed by atoms with Gasteiger partial charge < -0.3 is 14.9 Å². The van der Waals surface area contributed by atoms with E-state index >= 15 is 0 Å². The van der Waals surface area contributed by atoms with E-state index in [9.17, 15) is 27.9 Å². The zero-order valence-electron chi connectivity index (χ0n) is 13.9. The summed E-state index contributed by atoms with van der Waals surface area (Å²) in [5.74, 6) is -2.37. The van der Waals surface area contributed by atoms with Crippen LogP contribution in [0, 0.1) is 5.92 Å². The van der Waals surface area contributed by atoms with Crippen molar-refractivity contribution in [2.45, 2.75) is 30.2 Å². The monoisotopic (exact) mass is 381 g/mol. The van der Waals surface area contributed by atoms with Crippen LogP contribution in [0.2, 0.25) is 0 Å². The van der Waals surface area contributed by atoms with Gasteiger partial charge in [0.05, 0.1) is 10.8 Å². The number of primary sulfonamides is 1. The lowest BCUT2D eigenvalue weighted by molar-refractivity contribution is -0.149. The maximum Gasteiger partial charge on any atom is 0.326 e. The Balaban J connectivity index is 1.79. The number of rotatable bonds is 4. The fraction of sp³-hybridized carbons (Fsp3) is 0.438. The van der Waals surface area contributed by atoms with Crippen molar-refractivity contribution in [3.63, 3.8) is 0 Å². The molecule has 2 heterocycles. The number of likely N-dealkylation sites (tertiary alicyclic amines) is 1. The van der Waals surface area contributed by atoms with Gasteiger partial charge in [-0.05, 0) is 31.0 Å². The van der Waals surface area contributed by atoms with E-state index in [1.54, 1.807) is 6.07 Å². The summed E-state index contributed by atoms with van der Waals surface area (Å²) in [6.45, 7) is 0.440. The molecule has 2 aliphatic heterocycles. The summed E-state index contributed by atoms with van der Waals surface area (Å²) in [4.78, 5) is 38.8. The molecule has 0 radical (unpaired) electrons. The molecule has 2 aliphatic rings. The molecule has 2 unspecified atom stereocenters. The quantitative estimate of drug-likeness (QED) is 0.738. The maximum absolute atomic E-state index is 12.7. The number of sulfonamides is 1. The summed E-state index contributed by atoms with van der Waals surface area (Å²) in [5.41, 5.74) is 0.341. The first-order valence-electron chi connectivity index (χ1n) is 8.15. The summed E-state index contributed by atoms with van der Waals surface area (Å²) in [7, 11) is -3.91. The van der Waals surface area contributed by atoms with Gasteiger partial charge in [-0.15, -0.1) is 0 Å². The Bertz CT molecular complexity index is 868. The number of hydrogen-bond acceptors (Lipinski definition) is 5. The molecule has 3 rings (SSSR count). The minimum absolute atomic E-state index is 0.0404. The minimum Gasteiger partial charge on any atom is -0.480 e. The topological polar surface area (TPSA) is 138 Å². The van der Waals surface area contributed by atoms with Crippen molar-refractivity contribution >= 4 is 33.5 Å². The number of carboxylic acids is 1. The highest BCUT2D eigenvalue weighted by molar-refractivity contribution is 7.89. The van der Waals surface area contributed by atoms with Gasteiger partial charge in [0.2, 0.25) is 21.8 Å². The number of hydrogen-bond donors (Lipinski definition) is 2. The number of aliphatic carboxylic acids is 1. The van der Waals surface area contributed by atoms with Crippen LogP contribution in [0.1, 0.15) is 19.3 Å². The van der Waals surface area contributed by atoms with Crippen LogP contribution in [0.5, 0.6) is 0 Å². The number of amides is 2. The Labute approximate surface area is 150 Å². The lowest BCUT2D eigenvalue weighted by Gasteiger charge is -2.24. The molecule has 1 aromatic carbocycles. The van der Waals surface area contributed by atoms with Crippen LogP contribution in [-0.4, -0.2) is 55.3 Å². The summed E-state index contributed by atoms with van der Waals surface area (Å²) in [5, 5.41) is 14.3. The average Bonchev–Trinajstić information content (AvgIpc) is 3.20. The highest BCUT2D eigenvalue weighted by Gasteiger charge is 2.42. The molecule has 0 spiro atoms. The third-order valence-electron chi connectivity index (χ3n) is 4.75. The van der Waals surface area contributed by atoms with Gasteiger partial charge in [0.15, 0.2) is 0 Å². The number of nitrogens with zero attached hydrogens (tertiary/aromatic N) is 2. The molecule has 26 heavy (non-hydrogen) atoms. The fourth-order valence-electron chi connectivity index (χ4n) is 3.47. The second kappa shape index (κ2) is 6.69. The Morgan fingerprint density at radius 1 is 1.27 bits per heavy atom. The van der Waals surface area contributed by atoms with E-state index in [0.717, 1.165) is 0 Å². The smallest absolute Gasteiger partial charge is 0.326 e. The highest BCUT2D eigenvalue weighted by Crippen LogP contribution is 2.29. The van der Waals surface area contributed by atoms with Gasteiger partial charge in [-0.3, -0.25) is 9.59 Å². The molecule has 3 N–H and O–H groups in total. The van der Waals surface area contributed by atoms with E-state index in [0.29, 0.717) is 25.1 Å². The fourth-order valence-corrected chi connectivity index (χ4v) is 4.03. The molecular formula is C16H19N3O6S. The van der Waals surface area contributed by atoms with Crippen LogP contribution in [0.25, 0.3) is 0 Å². The first-order chi connectivity index (χ1) is 12.2. The van der Waals surface area contributed by atoms with Crippen molar-refractivity contribution in [3.8, 4) is 0 Å². The standard InChI is InChI=1S/C16H19N3O6S/c17-26(24,25)12-4-1-3-11(8-12)19-9-10(7-14(19)20)15(21)18-6-2-5-13(18)16(22)23/h1,3-4,8,10,13H,2,5-7,9H2,(H,22,23)(H2,17,24,25). The Hall–Kier alpha value is -2.46. The van der Waals surface area contributed by atoms with E-state index in [1.807, 2.05) is 0 Å². The SMILES string of the molecule is NS(=O)(=O)c1cccc(N2CC(C(=O)N3CCCC3C(=O)O)CC2=O)c1. The van der Waals surface area contributed by atoms with Crippen molar-refractivity contribution in [3.05, 3.63) is 24.3 Å². The summed E-state index contributed by atoms with van der Waals surface area (Å²) >= 11 is 0. The molecule has 2 amide bonds. The summed E-state index contributed by atoms with van der Waals surface area (Å²) in [6, 6.07) is 4.80. The van der Waals surface area contributed by atoms with Gasteiger partial charge in [-0.2, -0.15) is 0 Å². The van der Waals surface area contributed by atoms with Gasteiger partial charge >= 0.3 is 5.97 Å². The molecule has 0 saturated carbocycles. The summed E-state index contributed by atoms with van der Waals surface area (Å²) in [6.07, 6.45) is 0.979. The summed E-state index contributed by atoms with van der Waals surface area (Å²) < 4.78 is 23.0. The minimum atomic E-state index is -3.91. The van der Waals surface area contributed by atoms with E-state index in [-0.39, 0.29) is 29.7 Å². The van der Waals surface area contributed by atoms with Crippen molar-refractivity contribution in [2.24, 2.45) is 11.1 Å². The first kappa shape index (κ1) is 18.3. The first-order valence-corrected chi connectivity index (χ1v) is 9.69. The molecule has 10 heteroatoms. The van der Waals surface area contributed by atoms with Crippen molar-refractivity contribution in [1.29, 1.82) is 0 Å². The van der Waals surface area contributed by atoms with Gasteiger partial charge in [0.25, 0.3) is 0 Å². The molecular weight excluding hydrogens is 362 g/mol. The zero-order chi connectivity index (χ0) is 19.1. The highest BCUT2D eigenvalue weighted by atomic mass is 32.2. The van der Waals surface area contributed by atoms with Crippen LogP contribution in [0.3, 0.4) is 0 Å². The van der Waals surface area contributed by atoms with Crippen molar-refractivity contribution in [1.82, 2.24) is 4.90 Å². The van der Waals surface area contributed by atoms with Gasteiger partial charge in [0.1, 0.15) is 6.04 Å². The molecule has 9 nitrogen and oxygen atoms in total. The Morgan fingerprint density at radius 3 is 2.65 bits per heavy atom. The van der Waals surface area contributed by atoms with Gasteiger partial charge in [-0.1, -0.05) is 6.07 Å². The molecule has 2 atom stereocenters. The van der Waals surface area contributed by atoms with E-state index < -0.39 is 28.0 Å². The molecule has 1 aromatic rings. The average molecular weight is 381 g/mol. The predicted molar refractivity (Wildman–Crippen MR) is 90.6 cm³/mol. The van der Waals surface area contributed by atoms with Crippen LogP contribution < -0.4 is 10.0 Å². The molecule has 2 saturated heterocycles. The Kier molecular flexibility index (Phi) is 4.72. The molecule has 2 fully saturated rings. The largest absolute Gasteiger partial charge is 0.480 e. The zero-order valence-corrected chi connectivity index (χ0v) is 14.7. The van der Waals surface area contributed by atoms with E-state index in [4.69, 9.17) is 5.14 Å². The number of anilines is 1. The lowest BCUT2D eigenvalue weighted by Crippen LogP contribution is -2.44. The van der Waals surface area contributed by atoms with Crippen LogP contribution in [0.15, 0.2) is 29.2 Å². The Morgan fingerprint density at radius 2 is 2.00 bits per heavy atom. The van der Waals surface area contributed by atoms with Gasteiger partial charge in [0, 0.05) is 25.2 Å². The number of carbonyl (C=O) groups is 3. The molecule has 140 valence electrons. The van der Waals surface area contributed by atoms with E-state index in [1.165, 1.54) is 28.0 Å². The number of nitrogens with two attached hydrogens (primary N) is 1. The number of carbonyl (C=O) groups excluding carboxylic acids is 2. The third-order valence-corrected chi connectivity index (χ3v) is 5.66. The lowest BCUT2D eigenvalue weighted by atomic mass is 10.1. The molecule has 0 aliphatic carbocycles. The number of benzene rings is 1. The second-order valence-electron chi connectivity index (χ2n) is 6.48. The molecule has 0 bridgehead atoms. The number of carboxylic acid groups (broad SMARTS) is 1. The predicted octanol–water partition coefficient (Wildman–Crippen LogP) is -0.237. The molecule has 0 aromatic heterocycles. The normalized spacial score (nSPS) is 23.5. The third kappa shape index (κ3) is 3.42. The van der Waals surface area contributed by atoms with Crippen molar-refractivity contribution in [2.75, 3.05) is 18.0 Å². The second-order valence-corrected chi connectivity index (χ2v) is 8.04. The van der Waals surface area contributed by atoms with E-state index in [2.05, 4.69) is 0 Å². The van der Waals surface area contributed by atoms with Gasteiger partial charge in [-0.25, -0.2) is 18.4 Å².